The average molecular weight is 280 g/mol. The third-order valence-corrected chi connectivity index (χ3v) is 2.46. The van der Waals surface area contributed by atoms with E-state index in [1.807, 2.05) is 0 Å². The number of carbonyl (C=O) groups excluding carboxylic acids is 1. The maximum Gasteiger partial charge on any atom is 0.390 e. The van der Waals surface area contributed by atoms with E-state index in [0.717, 1.165) is 16.9 Å². The quantitative estimate of drug-likeness (QED) is 0.586. The minimum Gasteiger partial charge on any atom is -0.358 e. The Morgan fingerprint density at radius 1 is 1.25 bits per heavy atom. The van der Waals surface area contributed by atoms with Crippen LogP contribution in [0.15, 0.2) is 12.3 Å². The number of hydrogen-bond acceptors (Lipinski definition) is 7. The number of carbonyl (C=O) groups is 1. The van der Waals surface area contributed by atoms with Crippen molar-refractivity contribution in [3.05, 3.63) is 43.9 Å². The Morgan fingerprint density at radius 3 is 2.40 bits per heavy atom. The number of aryl methyl sites for hydroxylation is 2. The zero-order chi connectivity index (χ0) is 15.0. The van der Waals surface area contributed by atoms with Crippen LogP contribution in [0.1, 0.15) is 16.2 Å². The van der Waals surface area contributed by atoms with Crippen molar-refractivity contribution in [3.8, 4) is 0 Å². The summed E-state index contributed by atoms with van der Waals surface area (Å²) in [5.41, 5.74) is -0.740. The van der Waals surface area contributed by atoms with Gasteiger partial charge in [-0.25, -0.2) is 0 Å². The van der Waals surface area contributed by atoms with Crippen molar-refractivity contribution in [2.45, 2.75) is 6.92 Å². The molecular weight excluding hydrogens is 272 g/mol. The van der Waals surface area contributed by atoms with Crippen LogP contribution in [-0.2, 0) is 7.05 Å². The van der Waals surface area contributed by atoms with Crippen LogP contribution in [0.5, 0.6) is 0 Å². The van der Waals surface area contributed by atoms with Gasteiger partial charge >= 0.3 is 17.4 Å². The first-order chi connectivity index (χ1) is 9.31. The van der Waals surface area contributed by atoms with Crippen LogP contribution in [0.3, 0.4) is 0 Å². The number of nitrogens with zero attached hydrogens (tertiary/aromatic N) is 6. The van der Waals surface area contributed by atoms with Crippen LogP contribution >= 0.6 is 0 Å². The third kappa shape index (κ3) is 2.11. The van der Waals surface area contributed by atoms with Crippen LogP contribution in [0.2, 0.25) is 0 Å². The highest BCUT2D eigenvalue weighted by Crippen LogP contribution is 2.19. The fraction of sp³-hybridized carbons (Fsp3) is 0.222. The van der Waals surface area contributed by atoms with Crippen LogP contribution in [0, 0.1) is 27.2 Å². The van der Waals surface area contributed by atoms with E-state index >= 15 is 0 Å². The van der Waals surface area contributed by atoms with Gasteiger partial charge < -0.3 is 10.1 Å². The van der Waals surface area contributed by atoms with Gasteiger partial charge in [-0.2, -0.15) is 5.10 Å². The van der Waals surface area contributed by atoms with E-state index in [4.69, 9.17) is 0 Å². The van der Waals surface area contributed by atoms with Crippen molar-refractivity contribution in [2.75, 3.05) is 0 Å². The largest absolute Gasteiger partial charge is 0.390 e. The van der Waals surface area contributed by atoms with E-state index in [2.05, 4.69) is 10.2 Å². The molecule has 0 spiro atoms. The maximum atomic E-state index is 12.1. The van der Waals surface area contributed by atoms with E-state index in [0.29, 0.717) is 4.68 Å². The number of aromatic nitrogens is 4. The average Bonchev–Trinajstić information content (AvgIpc) is 2.92. The van der Waals surface area contributed by atoms with Gasteiger partial charge in [-0.05, 0) is 11.8 Å². The molecule has 0 atom stereocenters. The molecule has 11 heteroatoms. The Bertz CT molecular complexity index is 729. The van der Waals surface area contributed by atoms with Gasteiger partial charge in [0.1, 0.15) is 6.20 Å². The monoisotopic (exact) mass is 280 g/mol. The van der Waals surface area contributed by atoms with Gasteiger partial charge in [-0.15, -0.1) is 4.68 Å². The normalized spacial score (nSPS) is 10.5. The summed E-state index contributed by atoms with van der Waals surface area (Å²) in [6, 6.07) is 1.09. The number of nitro groups is 2. The van der Waals surface area contributed by atoms with Gasteiger partial charge in [-0.3, -0.25) is 19.6 Å². The van der Waals surface area contributed by atoms with Crippen molar-refractivity contribution in [2.24, 2.45) is 7.05 Å². The van der Waals surface area contributed by atoms with Crippen LogP contribution in [0.4, 0.5) is 11.5 Å². The molecule has 0 amide bonds. The molecule has 0 aliphatic carbocycles. The van der Waals surface area contributed by atoms with Gasteiger partial charge in [0.05, 0.1) is 21.8 Å². The minimum atomic E-state index is -0.900. The number of hydrogen-bond donors (Lipinski definition) is 0. The van der Waals surface area contributed by atoms with Crippen LogP contribution < -0.4 is 0 Å². The highest BCUT2D eigenvalue weighted by molar-refractivity contribution is 5.97. The van der Waals surface area contributed by atoms with E-state index in [9.17, 15) is 25.0 Å². The molecule has 2 heterocycles. The second kappa shape index (κ2) is 4.53. The predicted octanol–water partition coefficient (Wildman–Crippen LogP) is 0.430. The first kappa shape index (κ1) is 13.3. The Hall–Kier alpha value is -3.11. The summed E-state index contributed by atoms with van der Waals surface area (Å²) in [5, 5.41) is 28.6. The topological polar surface area (TPSA) is 139 Å². The Balaban J connectivity index is 2.52. The lowest BCUT2D eigenvalue weighted by Gasteiger charge is -1.94. The van der Waals surface area contributed by atoms with Crippen LogP contribution in [0.25, 0.3) is 0 Å². The van der Waals surface area contributed by atoms with Crippen molar-refractivity contribution in [3.63, 3.8) is 0 Å². The van der Waals surface area contributed by atoms with Gasteiger partial charge in [0.25, 0.3) is 0 Å². The van der Waals surface area contributed by atoms with Gasteiger partial charge in [0.2, 0.25) is 5.69 Å². The summed E-state index contributed by atoms with van der Waals surface area (Å²) in [6.07, 6.45) is 1.07. The molecule has 2 aromatic rings. The summed E-state index contributed by atoms with van der Waals surface area (Å²) < 4.78 is 1.83. The fourth-order valence-electron chi connectivity index (χ4n) is 1.62. The maximum absolute atomic E-state index is 12.1. The van der Waals surface area contributed by atoms with Gasteiger partial charge in [-0.1, -0.05) is 0 Å². The highest BCUT2D eigenvalue weighted by Gasteiger charge is 2.30. The lowest BCUT2D eigenvalue weighted by molar-refractivity contribution is -0.389. The standard InChI is InChI=1S/C9H8N6O5/c1-5-3-7(15(19)20)10-13(5)9(16)8-6(14(17)18)4-12(2)11-8/h3-4H,1-2H3. The van der Waals surface area contributed by atoms with Crippen molar-refractivity contribution >= 4 is 17.4 Å². The van der Waals surface area contributed by atoms with E-state index in [-0.39, 0.29) is 5.69 Å². The Morgan fingerprint density at radius 2 is 1.90 bits per heavy atom. The molecular formula is C9H8N6O5. The molecule has 0 N–H and O–H groups in total. The molecule has 0 fully saturated rings. The minimum absolute atomic E-state index is 0.182. The highest BCUT2D eigenvalue weighted by atomic mass is 16.6. The second-order valence-corrected chi connectivity index (χ2v) is 3.91. The summed E-state index contributed by atoms with van der Waals surface area (Å²) >= 11 is 0. The third-order valence-electron chi connectivity index (χ3n) is 2.46. The summed E-state index contributed by atoms with van der Waals surface area (Å²) in [5.74, 6) is -1.42. The lowest BCUT2D eigenvalue weighted by Crippen LogP contribution is -2.17. The fourth-order valence-corrected chi connectivity index (χ4v) is 1.62. The first-order valence-corrected chi connectivity index (χ1v) is 5.25. The van der Waals surface area contributed by atoms with E-state index < -0.39 is 33.0 Å². The predicted molar refractivity (Wildman–Crippen MR) is 63.2 cm³/mol. The molecule has 20 heavy (non-hydrogen) atoms. The molecule has 11 nitrogen and oxygen atoms in total. The zero-order valence-corrected chi connectivity index (χ0v) is 10.4. The second-order valence-electron chi connectivity index (χ2n) is 3.91. The SMILES string of the molecule is Cc1cc([N+](=O)[O-])nn1C(=O)c1nn(C)cc1[N+](=O)[O-]. The summed E-state index contributed by atoms with van der Waals surface area (Å²) in [6.45, 7) is 1.42. The van der Waals surface area contributed by atoms with E-state index in [1.165, 1.54) is 14.0 Å². The van der Waals surface area contributed by atoms with Crippen molar-refractivity contribution < 1.29 is 14.6 Å². The first-order valence-electron chi connectivity index (χ1n) is 5.25. The molecule has 0 unspecified atom stereocenters. The molecule has 2 aromatic heterocycles. The van der Waals surface area contributed by atoms with Gasteiger partial charge in [0.15, 0.2) is 0 Å². The number of rotatable bonds is 3. The molecule has 0 aliphatic heterocycles. The van der Waals surface area contributed by atoms with Crippen molar-refractivity contribution in [1.29, 1.82) is 0 Å². The molecule has 0 radical (unpaired) electrons. The molecule has 0 saturated carbocycles. The van der Waals surface area contributed by atoms with Crippen molar-refractivity contribution in [1.82, 2.24) is 19.6 Å². The molecule has 0 aromatic carbocycles. The molecule has 104 valence electrons. The molecule has 0 saturated heterocycles. The van der Waals surface area contributed by atoms with Gasteiger partial charge in [0, 0.05) is 7.05 Å². The Kier molecular flexibility index (Phi) is 3.02. The smallest absolute Gasteiger partial charge is 0.358 e. The van der Waals surface area contributed by atoms with E-state index in [1.54, 1.807) is 0 Å². The summed E-state index contributed by atoms with van der Waals surface area (Å²) in [4.78, 5) is 32.0. The molecule has 2 rings (SSSR count). The molecule has 0 bridgehead atoms. The zero-order valence-electron chi connectivity index (χ0n) is 10.4. The Labute approximate surface area is 110 Å². The summed E-state index contributed by atoms with van der Waals surface area (Å²) in [7, 11) is 1.42. The molecule has 0 aliphatic rings. The van der Waals surface area contributed by atoms with Crippen LogP contribution in [-0.4, -0.2) is 35.3 Å². The lowest BCUT2D eigenvalue weighted by atomic mass is 10.3.